The number of carbonyl (C=O) groups excluding carboxylic acids is 1. The average molecular weight is 327 g/mol. The molecule has 1 aliphatic carbocycles. The Labute approximate surface area is 143 Å². The summed E-state index contributed by atoms with van der Waals surface area (Å²) < 4.78 is 0. The zero-order valence-corrected chi connectivity index (χ0v) is 14.0. The number of pyridine rings is 1. The van der Waals surface area contributed by atoms with Crippen LogP contribution in [0.25, 0.3) is 0 Å². The van der Waals surface area contributed by atoms with Gasteiger partial charge in [0, 0.05) is 19.3 Å². The minimum Gasteiger partial charge on any atom is -0.370 e. The van der Waals surface area contributed by atoms with Gasteiger partial charge in [0.15, 0.2) is 0 Å². The van der Waals surface area contributed by atoms with Gasteiger partial charge >= 0.3 is 0 Å². The predicted molar refractivity (Wildman–Crippen MR) is 92.2 cm³/mol. The molecule has 0 radical (unpaired) electrons. The van der Waals surface area contributed by atoms with Crippen molar-refractivity contribution in [2.24, 2.45) is 5.92 Å². The quantitative estimate of drug-likeness (QED) is 0.832. The summed E-state index contributed by atoms with van der Waals surface area (Å²) in [6, 6.07) is 8.14. The lowest BCUT2D eigenvalue weighted by Crippen LogP contribution is -2.48. The van der Waals surface area contributed by atoms with Crippen LogP contribution in [0.3, 0.4) is 0 Å². The van der Waals surface area contributed by atoms with Gasteiger partial charge in [-0.3, -0.25) is 9.69 Å². The molecule has 6 heteroatoms. The van der Waals surface area contributed by atoms with Gasteiger partial charge in [0.25, 0.3) is 0 Å². The molecule has 1 atom stereocenters. The lowest BCUT2D eigenvalue weighted by molar-refractivity contribution is -0.123. The summed E-state index contributed by atoms with van der Waals surface area (Å²) in [6.07, 6.45) is 6.48. The second-order valence-electron chi connectivity index (χ2n) is 6.93. The Morgan fingerprint density at radius 1 is 1.42 bits per heavy atom. The fourth-order valence-corrected chi connectivity index (χ4v) is 3.69. The van der Waals surface area contributed by atoms with Crippen LogP contribution in [0.2, 0.25) is 0 Å². The second kappa shape index (κ2) is 7.63. The first-order chi connectivity index (χ1) is 11.7. The fourth-order valence-electron chi connectivity index (χ4n) is 3.69. The highest BCUT2D eigenvalue weighted by atomic mass is 16.2. The average Bonchev–Trinajstić information content (AvgIpc) is 3.24. The molecule has 2 aliphatic rings. The standard InChI is InChI=1S/C18H25N5O/c19-14-18(7-2-3-8-18)22-17(24)13-23-10-6-15(12-23)11-21-16-5-1-4-9-20-16/h1,4-5,9,15H,2-3,6-8,10-13H2,(H,20,21)(H,22,24). The lowest BCUT2D eigenvalue weighted by Gasteiger charge is -2.24. The van der Waals surface area contributed by atoms with Crippen LogP contribution >= 0.6 is 0 Å². The van der Waals surface area contributed by atoms with Gasteiger partial charge in [-0.25, -0.2) is 4.98 Å². The molecule has 1 unspecified atom stereocenters. The van der Waals surface area contributed by atoms with Crippen LogP contribution in [0.4, 0.5) is 5.82 Å². The fraction of sp³-hybridized carbons (Fsp3) is 0.611. The highest BCUT2D eigenvalue weighted by Gasteiger charge is 2.36. The molecule has 2 fully saturated rings. The summed E-state index contributed by atoms with van der Waals surface area (Å²) in [6.45, 7) is 3.11. The van der Waals surface area contributed by atoms with Crippen LogP contribution in [-0.2, 0) is 4.79 Å². The molecule has 128 valence electrons. The van der Waals surface area contributed by atoms with Gasteiger partial charge in [0.05, 0.1) is 12.6 Å². The molecule has 0 spiro atoms. The van der Waals surface area contributed by atoms with Gasteiger partial charge in [-0.1, -0.05) is 6.07 Å². The van der Waals surface area contributed by atoms with E-state index in [2.05, 4.69) is 26.6 Å². The Morgan fingerprint density at radius 2 is 2.25 bits per heavy atom. The first-order valence-corrected chi connectivity index (χ1v) is 8.79. The van der Waals surface area contributed by atoms with Gasteiger partial charge < -0.3 is 10.6 Å². The molecule has 2 heterocycles. The number of anilines is 1. The van der Waals surface area contributed by atoms with Crippen molar-refractivity contribution in [2.75, 3.05) is 31.5 Å². The van der Waals surface area contributed by atoms with E-state index < -0.39 is 5.54 Å². The molecule has 0 bridgehead atoms. The molecule has 0 aromatic carbocycles. The van der Waals surface area contributed by atoms with Crippen molar-refractivity contribution in [1.82, 2.24) is 15.2 Å². The van der Waals surface area contributed by atoms with Crippen molar-refractivity contribution in [2.45, 2.75) is 37.6 Å². The Balaban J connectivity index is 1.41. The van der Waals surface area contributed by atoms with Crippen LogP contribution < -0.4 is 10.6 Å². The van der Waals surface area contributed by atoms with Crippen molar-refractivity contribution >= 4 is 11.7 Å². The third-order valence-corrected chi connectivity index (χ3v) is 5.02. The van der Waals surface area contributed by atoms with Crippen molar-refractivity contribution in [3.05, 3.63) is 24.4 Å². The zero-order chi connectivity index (χ0) is 16.8. The number of carbonyl (C=O) groups is 1. The minimum atomic E-state index is -0.614. The molecule has 6 nitrogen and oxygen atoms in total. The number of nitrogens with zero attached hydrogens (tertiary/aromatic N) is 3. The molecule has 1 aliphatic heterocycles. The molecular formula is C18H25N5O. The molecule has 1 amide bonds. The van der Waals surface area contributed by atoms with Gasteiger partial charge in [-0.2, -0.15) is 5.26 Å². The minimum absolute atomic E-state index is 0.0169. The smallest absolute Gasteiger partial charge is 0.235 e. The highest BCUT2D eigenvalue weighted by molar-refractivity contribution is 5.79. The number of rotatable bonds is 6. The maximum Gasteiger partial charge on any atom is 0.235 e. The summed E-state index contributed by atoms with van der Waals surface area (Å²) in [5.41, 5.74) is -0.614. The summed E-state index contributed by atoms with van der Waals surface area (Å²) in [5, 5.41) is 15.7. The maximum absolute atomic E-state index is 12.3. The van der Waals surface area contributed by atoms with E-state index in [1.807, 2.05) is 18.2 Å². The zero-order valence-electron chi connectivity index (χ0n) is 14.0. The highest BCUT2D eigenvalue weighted by Crippen LogP contribution is 2.28. The molecule has 3 rings (SSSR count). The van der Waals surface area contributed by atoms with E-state index >= 15 is 0 Å². The van der Waals surface area contributed by atoms with E-state index in [1.165, 1.54) is 0 Å². The van der Waals surface area contributed by atoms with E-state index in [9.17, 15) is 10.1 Å². The van der Waals surface area contributed by atoms with Crippen LogP contribution in [0.5, 0.6) is 0 Å². The predicted octanol–water partition coefficient (Wildman–Crippen LogP) is 1.77. The normalized spacial score (nSPS) is 22.9. The first kappa shape index (κ1) is 16.7. The number of hydrogen-bond acceptors (Lipinski definition) is 5. The van der Waals surface area contributed by atoms with E-state index in [1.54, 1.807) is 6.20 Å². The van der Waals surface area contributed by atoms with Crippen LogP contribution in [-0.4, -0.2) is 47.5 Å². The summed E-state index contributed by atoms with van der Waals surface area (Å²) in [4.78, 5) is 18.7. The molecule has 1 saturated heterocycles. The number of nitrogens with one attached hydrogen (secondary N) is 2. The van der Waals surface area contributed by atoms with Crippen LogP contribution in [0.1, 0.15) is 32.1 Å². The molecule has 1 aromatic rings. The van der Waals surface area contributed by atoms with Crippen LogP contribution in [0, 0.1) is 17.2 Å². The monoisotopic (exact) mass is 327 g/mol. The number of hydrogen-bond donors (Lipinski definition) is 2. The second-order valence-corrected chi connectivity index (χ2v) is 6.93. The third kappa shape index (κ3) is 4.24. The summed E-state index contributed by atoms with van der Waals surface area (Å²) in [5.74, 6) is 1.40. The van der Waals surface area contributed by atoms with E-state index in [0.717, 1.165) is 57.6 Å². The van der Waals surface area contributed by atoms with Crippen molar-refractivity contribution in [3.8, 4) is 6.07 Å². The Bertz CT molecular complexity index is 591. The lowest BCUT2D eigenvalue weighted by atomic mass is 10.00. The Morgan fingerprint density at radius 3 is 2.96 bits per heavy atom. The molecule has 2 N–H and O–H groups in total. The maximum atomic E-state index is 12.3. The van der Waals surface area contributed by atoms with E-state index in [-0.39, 0.29) is 5.91 Å². The Kier molecular flexibility index (Phi) is 5.31. The number of aromatic nitrogens is 1. The number of nitriles is 1. The van der Waals surface area contributed by atoms with Crippen LogP contribution in [0.15, 0.2) is 24.4 Å². The van der Waals surface area contributed by atoms with Crippen molar-refractivity contribution in [3.63, 3.8) is 0 Å². The molecule has 1 saturated carbocycles. The van der Waals surface area contributed by atoms with Gasteiger partial charge in [0.1, 0.15) is 11.4 Å². The van der Waals surface area contributed by atoms with E-state index in [0.29, 0.717) is 12.5 Å². The number of amides is 1. The molecule has 24 heavy (non-hydrogen) atoms. The van der Waals surface area contributed by atoms with Crippen molar-refractivity contribution in [1.29, 1.82) is 5.26 Å². The SMILES string of the molecule is N#CC1(NC(=O)CN2CCC(CNc3ccccn3)C2)CCCC1. The Hall–Kier alpha value is -2.13. The third-order valence-electron chi connectivity index (χ3n) is 5.02. The van der Waals surface area contributed by atoms with E-state index in [4.69, 9.17) is 0 Å². The number of likely N-dealkylation sites (tertiary alicyclic amines) is 1. The summed E-state index contributed by atoms with van der Waals surface area (Å²) in [7, 11) is 0. The topological polar surface area (TPSA) is 81.0 Å². The first-order valence-electron chi connectivity index (χ1n) is 8.79. The van der Waals surface area contributed by atoms with Gasteiger partial charge in [-0.05, 0) is 56.7 Å². The van der Waals surface area contributed by atoms with Crippen molar-refractivity contribution < 1.29 is 4.79 Å². The van der Waals surface area contributed by atoms with Gasteiger partial charge in [-0.15, -0.1) is 0 Å². The van der Waals surface area contributed by atoms with Gasteiger partial charge in [0.2, 0.25) is 5.91 Å². The largest absolute Gasteiger partial charge is 0.370 e. The summed E-state index contributed by atoms with van der Waals surface area (Å²) >= 11 is 0. The molecule has 1 aromatic heterocycles. The molecular weight excluding hydrogens is 302 g/mol.